The lowest BCUT2D eigenvalue weighted by Gasteiger charge is -1.97. The van der Waals surface area contributed by atoms with Gasteiger partial charge >= 0.3 is 0 Å². The Morgan fingerprint density at radius 1 is 1.36 bits per heavy atom. The first-order valence-electron chi connectivity index (χ1n) is 4.65. The van der Waals surface area contributed by atoms with Crippen molar-refractivity contribution >= 4 is 22.8 Å². The molecule has 0 radical (unpaired) electrons. The normalized spacial score (nSPS) is 11.1. The van der Waals surface area contributed by atoms with Gasteiger partial charge in [0.15, 0.2) is 0 Å². The molecule has 0 saturated carbocycles. The molecule has 0 N–H and O–H groups in total. The molecule has 0 bridgehead atoms. The summed E-state index contributed by atoms with van der Waals surface area (Å²) < 4.78 is 1.62. The first-order chi connectivity index (χ1) is 6.63. The van der Waals surface area contributed by atoms with Crippen LogP contribution < -0.4 is 0 Å². The fourth-order valence-electron chi connectivity index (χ4n) is 1.62. The van der Waals surface area contributed by atoms with Gasteiger partial charge in [-0.25, -0.2) is 9.07 Å². The van der Waals surface area contributed by atoms with Gasteiger partial charge < -0.3 is 0 Å². The zero-order valence-electron chi connectivity index (χ0n) is 8.50. The molecule has 0 aliphatic rings. The van der Waals surface area contributed by atoms with Crippen molar-refractivity contribution in [2.24, 2.45) is 0 Å². The summed E-state index contributed by atoms with van der Waals surface area (Å²) in [5, 5.41) is 0. The van der Waals surface area contributed by atoms with Crippen molar-refractivity contribution in [1.82, 2.24) is 14.1 Å². The molecule has 0 atom stereocenters. The average Bonchev–Trinajstić information content (AvgIpc) is 2.44. The number of hydrogen-bond acceptors (Lipinski definition) is 2. The number of pyridine rings is 1. The van der Waals surface area contributed by atoms with Crippen molar-refractivity contribution in [2.45, 2.75) is 27.2 Å². The van der Waals surface area contributed by atoms with Crippen molar-refractivity contribution in [3.63, 3.8) is 0 Å². The van der Waals surface area contributed by atoms with Gasteiger partial charge in [-0.3, -0.25) is 4.98 Å². The summed E-state index contributed by atoms with van der Waals surface area (Å²) in [7, 11) is 0. The van der Waals surface area contributed by atoms with Crippen molar-refractivity contribution in [3.05, 3.63) is 23.3 Å². The summed E-state index contributed by atoms with van der Waals surface area (Å²) in [5.74, 6) is 0.886. The number of aromatic nitrogens is 3. The van der Waals surface area contributed by atoms with Crippen LogP contribution in [-0.2, 0) is 6.42 Å². The summed E-state index contributed by atoms with van der Waals surface area (Å²) in [6, 6.07) is 1.96. The minimum Gasteiger partial charge on any atom is -0.256 e. The van der Waals surface area contributed by atoms with Crippen molar-refractivity contribution in [3.8, 4) is 0 Å². The Morgan fingerprint density at radius 2 is 2.07 bits per heavy atom. The predicted octanol–water partition coefficient (Wildman–Crippen LogP) is 2.61. The molecular weight excluding hydrogens is 198 g/mol. The lowest BCUT2D eigenvalue weighted by molar-refractivity contribution is 0.964. The van der Waals surface area contributed by atoms with Crippen LogP contribution >= 0.6 is 11.8 Å². The number of halogens is 1. The van der Waals surface area contributed by atoms with Crippen LogP contribution in [0.25, 0.3) is 11.0 Å². The highest BCUT2D eigenvalue weighted by atomic mass is 35.5. The average molecular weight is 210 g/mol. The van der Waals surface area contributed by atoms with Gasteiger partial charge in [-0.05, 0) is 19.9 Å². The van der Waals surface area contributed by atoms with Crippen LogP contribution in [0.4, 0.5) is 0 Å². The van der Waals surface area contributed by atoms with E-state index < -0.39 is 0 Å². The maximum Gasteiger partial charge on any atom is 0.124 e. The molecule has 0 unspecified atom stereocenters. The van der Waals surface area contributed by atoms with E-state index in [2.05, 4.69) is 9.97 Å². The summed E-state index contributed by atoms with van der Waals surface area (Å²) in [6.45, 7) is 5.95. The van der Waals surface area contributed by atoms with E-state index in [0.29, 0.717) is 0 Å². The van der Waals surface area contributed by atoms with E-state index in [1.165, 1.54) is 0 Å². The Bertz CT molecular complexity index is 488. The lowest BCUT2D eigenvalue weighted by Crippen LogP contribution is -1.89. The van der Waals surface area contributed by atoms with E-state index in [4.69, 9.17) is 11.8 Å². The minimum atomic E-state index is 0.830. The van der Waals surface area contributed by atoms with Gasteiger partial charge in [-0.15, -0.1) is 0 Å². The molecule has 14 heavy (non-hydrogen) atoms. The molecule has 2 rings (SSSR count). The molecule has 3 nitrogen and oxygen atoms in total. The van der Waals surface area contributed by atoms with Crippen molar-refractivity contribution in [2.75, 3.05) is 0 Å². The molecule has 2 heterocycles. The van der Waals surface area contributed by atoms with Gasteiger partial charge in [0.05, 0.1) is 11.2 Å². The van der Waals surface area contributed by atoms with E-state index in [1.54, 1.807) is 4.09 Å². The zero-order chi connectivity index (χ0) is 10.3. The molecule has 0 saturated heterocycles. The number of imidazole rings is 1. The number of aryl methyl sites for hydroxylation is 3. The number of hydrogen-bond donors (Lipinski definition) is 0. The van der Waals surface area contributed by atoms with Gasteiger partial charge in [0.25, 0.3) is 0 Å². The van der Waals surface area contributed by atoms with Crippen LogP contribution in [-0.4, -0.2) is 14.1 Å². The van der Waals surface area contributed by atoms with E-state index >= 15 is 0 Å². The molecule has 0 spiro atoms. The second-order valence-corrected chi connectivity index (χ2v) is 3.72. The van der Waals surface area contributed by atoms with Gasteiger partial charge in [-0.2, -0.15) is 0 Å². The Kier molecular flexibility index (Phi) is 2.19. The van der Waals surface area contributed by atoms with E-state index in [0.717, 1.165) is 34.7 Å². The van der Waals surface area contributed by atoms with E-state index in [9.17, 15) is 0 Å². The fourth-order valence-corrected chi connectivity index (χ4v) is 1.91. The standard InChI is InChI=1S/C10H12ClN3/c1-4-9-13-10-7(3)12-6(2)5-8(10)14(9)11/h5H,4H2,1-3H3. The molecule has 0 aliphatic carbocycles. The Morgan fingerprint density at radius 3 is 2.71 bits per heavy atom. The van der Waals surface area contributed by atoms with Crippen LogP contribution in [0, 0.1) is 13.8 Å². The second-order valence-electron chi connectivity index (χ2n) is 3.38. The molecule has 2 aromatic heterocycles. The summed E-state index contributed by atoms with van der Waals surface area (Å²) >= 11 is 6.13. The molecule has 4 heteroatoms. The van der Waals surface area contributed by atoms with Crippen LogP contribution in [0.15, 0.2) is 6.07 Å². The molecular formula is C10H12ClN3. The predicted molar refractivity (Wildman–Crippen MR) is 57.6 cm³/mol. The summed E-state index contributed by atoms with van der Waals surface area (Å²) in [5.41, 5.74) is 3.77. The van der Waals surface area contributed by atoms with E-state index in [1.807, 2.05) is 26.8 Å². The largest absolute Gasteiger partial charge is 0.256 e. The minimum absolute atomic E-state index is 0.830. The topological polar surface area (TPSA) is 30.7 Å². The molecule has 0 fully saturated rings. The fraction of sp³-hybridized carbons (Fsp3) is 0.400. The van der Waals surface area contributed by atoms with Crippen LogP contribution in [0.1, 0.15) is 24.1 Å². The van der Waals surface area contributed by atoms with Gasteiger partial charge in [0.2, 0.25) is 0 Å². The van der Waals surface area contributed by atoms with Crippen LogP contribution in [0.2, 0.25) is 0 Å². The lowest BCUT2D eigenvalue weighted by atomic mass is 10.3. The first-order valence-corrected chi connectivity index (χ1v) is 4.99. The SMILES string of the molecule is CCc1nc2c(C)nc(C)cc2n1Cl. The Labute approximate surface area is 87.8 Å². The quantitative estimate of drug-likeness (QED) is 0.723. The molecule has 74 valence electrons. The van der Waals surface area contributed by atoms with E-state index in [-0.39, 0.29) is 0 Å². The van der Waals surface area contributed by atoms with Crippen molar-refractivity contribution < 1.29 is 0 Å². The van der Waals surface area contributed by atoms with Gasteiger partial charge in [-0.1, -0.05) is 6.92 Å². The highest BCUT2D eigenvalue weighted by Gasteiger charge is 2.10. The monoisotopic (exact) mass is 209 g/mol. The van der Waals surface area contributed by atoms with Gasteiger partial charge in [0.1, 0.15) is 11.3 Å². The molecule has 2 aromatic rings. The van der Waals surface area contributed by atoms with Crippen molar-refractivity contribution in [1.29, 1.82) is 0 Å². The Balaban J connectivity index is 2.85. The second kappa shape index (κ2) is 3.24. The summed E-state index contributed by atoms with van der Waals surface area (Å²) in [4.78, 5) is 8.80. The highest BCUT2D eigenvalue weighted by molar-refractivity contribution is 6.19. The maximum absolute atomic E-state index is 6.13. The smallest absolute Gasteiger partial charge is 0.124 e. The van der Waals surface area contributed by atoms with Crippen LogP contribution in [0.3, 0.4) is 0 Å². The third kappa shape index (κ3) is 1.28. The third-order valence-electron chi connectivity index (χ3n) is 2.27. The van der Waals surface area contributed by atoms with Gasteiger partial charge in [0, 0.05) is 23.9 Å². The van der Waals surface area contributed by atoms with Crippen LogP contribution in [0.5, 0.6) is 0 Å². The maximum atomic E-state index is 6.13. The highest BCUT2D eigenvalue weighted by Crippen LogP contribution is 2.20. The molecule has 0 aliphatic heterocycles. The first kappa shape index (κ1) is 9.46. The summed E-state index contributed by atoms with van der Waals surface area (Å²) in [6.07, 6.45) is 0.830. The Hall–Kier alpha value is -1.09. The number of nitrogens with zero attached hydrogens (tertiary/aromatic N) is 3. The number of fused-ring (bicyclic) bond motifs is 1. The zero-order valence-corrected chi connectivity index (χ0v) is 9.26. The molecule has 0 aromatic carbocycles. The third-order valence-corrected chi connectivity index (χ3v) is 2.65. The molecule has 0 amide bonds. The number of rotatable bonds is 1.